The van der Waals surface area contributed by atoms with Gasteiger partial charge in [0.2, 0.25) is 0 Å². The maximum Gasteiger partial charge on any atom is 0.341 e. The van der Waals surface area contributed by atoms with Gasteiger partial charge in [0.25, 0.3) is 0 Å². The minimum absolute atomic E-state index is 0.113. The topological polar surface area (TPSA) is 159 Å². The lowest BCUT2D eigenvalue weighted by Gasteiger charge is -2.18. The van der Waals surface area contributed by atoms with Gasteiger partial charge in [-0.1, -0.05) is 12.1 Å². The first kappa shape index (κ1) is 24.6. The summed E-state index contributed by atoms with van der Waals surface area (Å²) in [6.07, 6.45) is 2.57. The van der Waals surface area contributed by atoms with Gasteiger partial charge in [-0.3, -0.25) is 10.8 Å². The third-order valence-electron chi connectivity index (χ3n) is 5.20. The van der Waals surface area contributed by atoms with Crippen molar-refractivity contribution in [3.05, 3.63) is 59.2 Å². The van der Waals surface area contributed by atoms with E-state index in [0.717, 1.165) is 31.5 Å². The molecule has 1 heterocycles. The number of nitrogens with zero attached hydrogens (tertiary/aromatic N) is 1. The fraction of sp³-hybridized carbons (Fsp3) is 0.333. The van der Waals surface area contributed by atoms with Crippen LogP contribution in [0.1, 0.15) is 40.7 Å². The molecule has 180 valence electrons. The molecule has 0 aliphatic carbocycles. The van der Waals surface area contributed by atoms with E-state index >= 15 is 0 Å². The number of nitrogens with two attached hydrogens (primary N) is 1. The Kier molecular flexibility index (Phi) is 8.44. The van der Waals surface area contributed by atoms with Crippen molar-refractivity contribution in [2.45, 2.75) is 19.3 Å². The molecule has 0 unspecified atom stereocenters. The normalized spacial score (nSPS) is 12.8. The zero-order valence-corrected chi connectivity index (χ0v) is 18.7. The van der Waals surface area contributed by atoms with Crippen LogP contribution in [0.2, 0.25) is 0 Å². The molecular formula is C24H28N4O6. The first-order valence-corrected chi connectivity index (χ1v) is 10.9. The number of carboxylic acid groups (broad SMARTS) is 1. The summed E-state index contributed by atoms with van der Waals surface area (Å²) in [7, 11) is 0. The Morgan fingerprint density at radius 2 is 1.56 bits per heavy atom. The molecule has 0 atom stereocenters. The van der Waals surface area contributed by atoms with Crippen LogP contribution >= 0.6 is 0 Å². The van der Waals surface area contributed by atoms with Gasteiger partial charge < -0.3 is 30.0 Å². The summed E-state index contributed by atoms with van der Waals surface area (Å²) in [5.41, 5.74) is 7.07. The molecule has 1 fully saturated rings. The fourth-order valence-corrected chi connectivity index (χ4v) is 3.42. The van der Waals surface area contributed by atoms with E-state index in [1.165, 1.54) is 18.2 Å². The molecule has 1 aliphatic heterocycles. The van der Waals surface area contributed by atoms with Crippen LogP contribution in [0.4, 0.5) is 0 Å². The van der Waals surface area contributed by atoms with Gasteiger partial charge in [0.1, 0.15) is 11.7 Å². The average Bonchev–Trinajstić information content (AvgIpc) is 3.37. The number of benzene rings is 2. The highest BCUT2D eigenvalue weighted by atomic mass is 16.5. The van der Waals surface area contributed by atoms with Crippen LogP contribution in [-0.2, 0) is 9.53 Å². The summed E-state index contributed by atoms with van der Waals surface area (Å²) < 4.78 is 16.1. The summed E-state index contributed by atoms with van der Waals surface area (Å²) in [4.78, 5) is 25.1. The highest BCUT2D eigenvalue weighted by molar-refractivity contribution is 5.98. The SMILES string of the molecule is N=C(N)c1ccc(OCC(=O)O)c(OCCCOC(=O)c2ccc(C(=N)N3CCCC3)cc2)c1. The van der Waals surface area contributed by atoms with Crippen molar-refractivity contribution < 1.29 is 28.9 Å². The highest BCUT2D eigenvalue weighted by Gasteiger charge is 2.17. The molecule has 2 aromatic carbocycles. The maximum atomic E-state index is 12.3. The molecule has 0 bridgehead atoms. The molecule has 0 saturated carbocycles. The molecule has 10 heteroatoms. The van der Waals surface area contributed by atoms with Gasteiger partial charge in [-0.15, -0.1) is 0 Å². The van der Waals surface area contributed by atoms with E-state index in [1.807, 2.05) is 4.90 Å². The van der Waals surface area contributed by atoms with Gasteiger partial charge >= 0.3 is 11.9 Å². The van der Waals surface area contributed by atoms with Crippen LogP contribution in [0.25, 0.3) is 0 Å². The summed E-state index contributed by atoms with van der Waals surface area (Å²) in [5, 5.41) is 24.6. The second-order valence-corrected chi connectivity index (χ2v) is 7.72. The number of carbonyl (C=O) groups is 2. The number of nitrogen functional groups attached to an aromatic ring is 1. The number of nitrogens with one attached hydrogen (secondary N) is 2. The number of amidine groups is 2. The molecule has 0 aromatic heterocycles. The van der Waals surface area contributed by atoms with E-state index in [9.17, 15) is 9.59 Å². The number of carbonyl (C=O) groups excluding carboxylic acids is 1. The van der Waals surface area contributed by atoms with Gasteiger partial charge in [-0.2, -0.15) is 0 Å². The van der Waals surface area contributed by atoms with Crippen molar-refractivity contribution in [1.29, 1.82) is 10.8 Å². The van der Waals surface area contributed by atoms with Crippen LogP contribution < -0.4 is 15.2 Å². The molecule has 0 radical (unpaired) electrons. The van der Waals surface area contributed by atoms with Crippen LogP contribution in [0.3, 0.4) is 0 Å². The molecule has 3 rings (SSSR count). The first-order valence-electron chi connectivity index (χ1n) is 10.9. The maximum absolute atomic E-state index is 12.3. The zero-order chi connectivity index (χ0) is 24.5. The Balaban J connectivity index is 1.47. The quantitative estimate of drug-likeness (QED) is 0.169. The summed E-state index contributed by atoms with van der Waals surface area (Å²) in [6.45, 7) is 1.52. The predicted molar refractivity (Wildman–Crippen MR) is 125 cm³/mol. The lowest BCUT2D eigenvalue weighted by Crippen LogP contribution is -2.27. The number of carboxylic acids is 1. The predicted octanol–water partition coefficient (Wildman–Crippen LogP) is 2.48. The third-order valence-corrected chi connectivity index (χ3v) is 5.20. The summed E-state index contributed by atoms with van der Waals surface area (Å²) in [6, 6.07) is 11.3. The smallest absolute Gasteiger partial charge is 0.341 e. The van der Waals surface area contributed by atoms with E-state index in [1.54, 1.807) is 24.3 Å². The number of esters is 1. The molecule has 2 aromatic rings. The molecule has 10 nitrogen and oxygen atoms in total. The Bertz CT molecular complexity index is 1050. The molecule has 0 amide bonds. The van der Waals surface area contributed by atoms with Gasteiger partial charge in [-0.05, 0) is 43.2 Å². The number of ether oxygens (including phenoxy) is 3. The van der Waals surface area contributed by atoms with Crippen LogP contribution in [0, 0.1) is 10.8 Å². The monoisotopic (exact) mass is 468 g/mol. The lowest BCUT2D eigenvalue weighted by atomic mass is 10.1. The van der Waals surface area contributed by atoms with Gasteiger partial charge in [0.15, 0.2) is 18.1 Å². The molecule has 5 N–H and O–H groups in total. The average molecular weight is 469 g/mol. The second kappa shape index (κ2) is 11.7. The Hall–Kier alpha value is -4.08. The molecule has 1 saturated heterocycles. The van der Waals surface area contributed by atoms with Crippen molar-refractivity contribution in [2.24, 2.45) is 5.73 Å². The zero-order valence-electron chi connectivity index (χ0n) is 18.7. The van der Waals surface area contributed by atoms with Crippen LogP contribution in [0.15, 0.2) is 42.5 Å². The summed E-state index contributed by atoms with van der Waals surface area (Å²) >= 11 is 0. The summed E-state index contributed by atoms with van der Waals surface area (Å²) in [5.74, 6) is -0.835. The standard InChI is InChI=1S/C24H28N4O6/c25-22(26)18-8-9-19(34-15-21(29)30)20(14-18)32-12-3-13-33-24(31)17-6-4-16(5-7-17)23(27)28-10-1-2-11-28/h4-9,14,27H,1-3,10-13,15H2,(H3,25,26)(H,29,30). The lowest BCUT2D eigenvalue weighted by molar-refractivity contribution is -0.139. The minimum atomic E-state index is -1.13. The second-order valence-electron chi connectivity index (χ2n) is 7.72. The Labute approximate surface area is 197 Å². The largest absolute Gasteiger partial charge is 0.490 e. The number of likely N-dealkylation sites (tertiary alicyclic amines) is 1. The molecular weight excluding hydrogens is 440 g/mol. The first-order chi connectivity index (χ1) is 16.3. The van der Waals surface area contributed by atoms with Crippen LogP contribution in [-0.4, -0.2) is 66.5 Å². The van der Waals surface area contributed by atoms with Gasteiger partial charge in [-0.25, -0.2) is 9.59 Å². The highest BCUT2D eigenvalue weighted by Crippen LogP contribution is 2.28. The van der Waals surface area contributed by atoms with Crippen LogP contribution in [0.5, 0.6) is 11.5 Å². The van der Waals surface area contributed by atoms with Crippen molar-refractivity contribution in [3.8, 4) is 11.5 Å². The van der Waals surface area contributed by atoms with Crippen molar-refractivity contribution in [2.75, 3.05) is 32.9 Å². The Morgan fingerprint density at radius 3 is 2.21 bits per heavy atom. The molecule has 0 spiro atoms. The van der Waals surface area contributed by atoms with Gasteiger partial charge in [0.05, 0.1) is 18.8 Å². The number of hydrogen-bond donors (Lipinski definition) is 4. The third kappa shape index (κ3) is 6.71. The van der Waals surface area contributed by atoms with E-state index in [-0.39, 0.29) is 30.5 Å². The molecule has 1 aliphatic rings. The van der Waals surface area contributed by atoms with Crippen molar-refractivity contribution >= 4 is 23.6 Å². The van der Waals surface area contributed by atoms with E-state index in [0.29, 0.717) is 23.4 Å². The minimum Gasteiger partial charge on any atom is -0.490 e. The Morgan fingerprint density at radius 1 is 0.912 bits per heavy atom. The van der Waals surface area contributed by atoms with Crippen molar-refractivity contribution in [3.63, 3.8) is 0 Å². The van der Waals surface area contributed by atoms with E-state index in [4.69, 9.17) is 35.9 Å². The molecule has 34 heavy (non-hydrogen) atoms. The number of aliphatic carboxylic acids is 1. The van der Waals surface area contributed by atoms with E-state index < -0.39 is 18.5 Å². The number of hydrogen-bond acceptors (Lipinski definition) is 7. The fourth-order valence-electron chi connectivity index (χ4n) is 3.42. The number of rotatable bonds is 11. The van der Waals surface area contributed by atoms with Crippen molar-refractivity contribution in [1.82, 2.24) is 4.90 Å². The van der Waals surface area contributed by atoms with Gasteiger partial charge in [0, 0.05) is 30.6 Å². The van der Waals surface area contributed by atoms with E-state index in [2.05, 4.69) is 0 Å².